The highest BCUT2D eigenvalue weighted by atomic mass is 32.1. The first-order valence-corrected chi connectivity index (χ1v) is 7.97. The maximum absolute atomic E-state index is 6.08. The van der Waals surface area contributed by atoms with E-state index in [1.54, 1.807) is 6.20 Å². The fraction of sp³-hybridized carbons (Fsp3) is 0.467. The van der Waals surface area contributed by atoms with Crippen molar-refractivity contribution in [1.82, 2.24) is 14.3 Å². The van der Waals surface area contributed by atoms with Gasteiger partial charge in [0.25, 0.3) is 0 Å². The summed E-state index contributed by atoms with van der Waals surface area (Å²) in [5, 5.41) is 1.13. The summed E-state index contributed by atoms with van der Waals surface area (Å²) >= 11 is 1.47. The number of hydrogen-bond donors (Lipinski definition) is 1. The molecule has 2 aromatic heterocycles. The number of aromatic nitrogens is 2. The van der Waals surface area contributed by atoms with Crippen LogP contribution >= 0.6 is 11.5 Å². The molecule has 1 atom stereocenters. The maximum Gasteiger partial charge on any atom is 0.147 e. The van der Waals surface area contributed by atoms with Crippen molar-refractivity contribution in [1.29, 1.82) is 0 Å². The van der Waals surface area contributed by atoms with Gasteiger partial charge in [0.15, 0.2) is 0 Å². The number of nitrogens with zero attached hydrogens (tertiary/aromatic N) is 4. The van der Waals surface area contributed by atoms with Crippen LogP contribution in [0.4, 0.5) is 10.8 Å². The van der Waals surface area contributed by atoms with Gasteiger partial charge in [0, 0.05) is 38.1 Å². The lowest BCUT2D eigenvalue weighted by atomic mass is 10.1. The highest BCUT2D eigenvalue weighted by Gasteiger charge is 2.23. The summed E-state index contributed by atoms with van der Waals surface area (Å²) in [6.45, 7) is 3.40. The third-order valence-corrected chi connectivity index (χ3v) is 5.00. The third kappa shape index (κ3) is 3.01. The maximum atomic E-state index is 6.08. The van der Waals surface area contributed by atoms with Gasteiger partial charge in [0.2, 0.25) is 0 Å². The van der Waals surface area contributed by atoms with Crippen molar-refractivity contribution in [2.45, 2.75) is 6.42 Å². The van der Waals surface area contributed by atoms with E-state index in [1.165, 1.54) is 31.0 Å². The summed E-state index contributed by atoms with van der Waals surface area (Å²) in [7, 11) is 4.32. The van der Waals surface area contributed by atoms with Crippen molar-refractivity contribution >= 4 is 22.4 Å². The molecular weight excluding hydrogens is 282 g/mol. The summed E-state index contributed by atoms with van der Waals surface area (Å²) in [5.41, 5.74) is 8.13. The molecule has 21 heavy (non-hydrogen) atoms. The van der Waals surface area contributed by atoms with Gasteiger partial charge >= 0.3 is 0 Å². The van der Waals surface area contributed by atoms with E-state index in [1.807, 2.05) is 18.3 Å². The molecule has 5 nitrogen and oxygen atoms in total. The molecule has 1 unspecified atom stereocenters. The highest BCUT2D eigenvalue weighted by Crippen LogP contribution is 2.38. The molecule has 1 aliphatic rings. The average Bonchev–Trinajstić information content (AvgIpc) is 3.06. The summed E-state index contributed by atoms with van der Waals surface area (Å²) in [5.74, 6) is 1.31. The zero-order chi connectivity index (χ0) is 14.8. The van der Waals surface area contributed by atoms with Crippen molar-refractivity contribution in [2.24, 2.45) is 5.92 Å². The Bertz CT molecular complexity index is 597. The van der Waals surface area contributed by atoms with E-state index < -0.39 is 0 Å². The highest BCUT2D eigenvalue weighted by molar-refractivity contribution is 7.11. The molecule has 0 aliphatic carbocycles. The van der Waals surface area contributed by atoms with Gasteiger partial charge in [-0.2, -0.15) is 4.37 Å². The van der Waals surface area contributed by atoms with Crippen LogP contribution in [0.3, 0.4) is 0 Å². The Morgan fingerprint density at radius 1 is 1.52 bits per heavy atom. The molecule has 3 heterocycles. The van der Waals surface area contributed by atoms with Gasteiger partial charge in [0.05, 0.1) is 5.56 Å². The lowest BCUT2D eigenvalue weighted by Gasteiger charge is -2.22. The minimum absolute atomic E-state index is 0.596. The van der Waals surface area contributed by atoms with Gasteiger partial charge in [-0.05, 0) is 43.5 Å². The lowest BCUT2D eigenvalue weighted by molar-refractivity contribution is 0.396. The normalized spacial score (nSPS) is 19.0. The number of rotatable bonds is 4. The van der Waals surface area contributed by atoms with Crippen LogP contribution in [0.1, 0.15) is 6.42 Å². The van der Waals surface area contributed by atoms with Crippen LogP contribution < -0.4 is 10.6 Å². The second-order valence-electron chi connectivity index (χ2n) is 5.79. The van der Waals surface area contributed by atoms with E-state index in [0.717, 1.165) is 22.7 Å². The minimum atomic E-state index is 0.596. The average molecular weight is 303 g/mol. The molecule has 0 bridgehead atoms. The van der Waals surface area contributed by atoms with Crippen LogP contribution in [0.15, 0.2) is 24.5 Å². The molecule has 1 fully saturated rings. The third-order valence-electron chi connectivity index (χ3n) is 4.02. The fourth-order valence-electron chi connectivity index (χ4n) is 2.98. The van der Waals surface area contributed by atoms with E-state index in [4.69, 9.17) is 5.73 Å². The summed E-state index contributed by atoms with van der Waals surface area (Å²) < 4.78 is 4.34. The monoisotopic (exact) mass is 303 g/mol. The van der Waals surface area contributed by atoms with Crippen LogP contribution in [0.2, 0.25) is 0 Å². The van der Waals surface area contributed by atoms with Crippen molar-refractivity contribution in [3.05, 3.63) is 24.5 Å². The number of anilines is 2. The number of pyridine rings is 1. The number of likely N-dealkylation sites (tertiary alicyclic amines) is 1. The molecule has 0 aromatic carbocycles. The van der Waals surface area contributed by atoms with E-state index in [2.05, 4.69) is 33.3 Å². The Morgan fingerprint density at radius 3 is 3.05 bits per heavy atom. The van der Waals surface area contributed by atoms with Crippen LogP contribution in [-0.4, -0.2) is 48.0 Å². The van der Waals surface area contributed by atoms with E-state index >= 15 is 0 Å². The number of nitrogens with two attached hydrogens (primary N) is 1. The Kier molecular flexibility index (Phi) is 4.07. The van der Waals surface area contributed by atoms with Gasteiger partial charge in [-0.15, -0.1) is 0 Å². The molecule has 6 heteroatoms. The van der Waals surface area contributed by atoms with Crippen LogP contribution in [0.25, 0.3) is 11.1 Å². The van der Waals surface area contributed by atoms with Crippen LogP contribution in [0.5, 0.6) is 0 Å². The predicted molar refractivity (Wildman–Crippen MR) is 88.6 cm³/mol. The molecular formula is C15H21N5S. The van der Waals surface area contributed by atoms with Crippen LogP contribution in [-0.2, 0) is 0 Å². The number of hydrogen-bond acceptors (Lipinski definition) is 6. The largest absolute Gasteiger partial charge is 0.382 e. The fourth-order valence-corrected chi connectivity index (χ4v) is 3.79. The van der Waals surface area contributed by atoms with E-state index in [0.29, 0.717) is 11.7 Å². The SMILES string of the molecule is CN1CCC(CN(C)c2snc(N)c2-c2cccnc2)C1. The zero-order valence-electron chi connectivity index (χ0n) is 12.5. The molecule has 1 aliphatic heterocycles. The number of nitrogen functional groups attached to an aromatic ring is 1. The second-order valence-corrected chi connectivity index (χ2v) is 6.54. The first-order chi connectivity index (χ1) is 10.1. The van der Waals surface area contributed by atoms with E-state index in [9.17, 15) is 0 Å². The molecule has 1 saturated heterocycles. The van der Waals surface area contributed by atoms with Gasteiger partial charge in [-0.1, -0.05) is 6.07 Å². The molecule has 0 spiro atoms. The van der Waals surface area contributed by atoms with E-state index in [-0.39, 0.29) is 0 Å². The quantitative estimate of drug-likeness (QED) is 0.938. The molecule has 2 aromatic rings. The zero-order valence-corrected chi connectivity index (χ0v) is 13.3. The van der Waals surface area contributed by atoms with Gasteiger partial charge < -0.3 is 15.5 Å². The second kappa shape index (κ2) is 5.99. The van der Waals surface area contributed by atoms with Crippen LogP contribution in [0, 0.1) is 5.92 Å². The summed E-state index contributed by atoms with van der Waals surface area (Å²) in [6.07, 6.45) is 4.88. The van der Waals surface area contributed by atoms with Crippen molar-refractivity contribution in [2.75, 3.05) is 44.4 Å². The predicted octanol–water partition coefficient (Wildman–Crippen LogP) is 2.18. The lowest BCUT2D eigenvalue weighted by Crippen LogP contribution is -2.26. The molecule has 0 saturated carbocycles. The van der Waals surface area contributed by atoms with Gasteiger partial charge in [0.1, 0.15) is 10.8 Å². The van der Waals surface area contributed by atoms with Crippen molar-refractivity contribution in [3.8, 4) is 11.1 Å². The first kappa shape index (κ1) is 14.3. The van der Waals surface area contributed by atoms with Crippen molar-refractivity contribution < 1.29 is 0 Å². The van der Waals surface area contributed by atoms with Gasteiger partial charge in [-0.3, -0.25) is 4.98 Å². The summed E-state index contributed by atoms with van der Waals surface area (Å²) in [6, 6.07) is 3.97. The Hall–Kier alpha value is -1.66. The molecule has 0 radical (unpaired) electrons. The standard InChI is InChI=1S/C15H21N5S/c1-19-7-5-11(9-19)10-20(2)15-13(14(16)18-21-15)12-4-3-6-17-8-12/h3-4,6,8,11H,5,7,9-10H2,1-2H3,(H2,16,18). The summed E-state index contributed by atoms with van der Waals surface area (Å²) in [4.78, 5) is 8.87. The van der Waals surface area contributed by atoms with Crippen molar-refractivity contribution in [3.63, 3.8) is 0 Å². The Balaban J connectivity index is 1.82. The Labute approximate surface area is 129 Å². The molecule has 112 valence electrons. The topological polar surface area (TPSA) is 58.3 Å². The molecule has 2 N–H and O–H groups in total. The Morgan fingerprint density at radius 2 is 2.38 bits per heavy atom. The first-order valence-electron chi connectivity index (χ1n) is 7.20. The molecule has 0 amide bonds. The minimum Gasteiger partial charge on any atom is -0.382 e. The molecule has 3 rings (SSSR count). The van der Waals surface area contributed by atoms with Gasteiger partial charge in [-0.25, -0.2) is 0 Å². The smallest absolute Gasteiger partial charge is 0.147 e.